The lowest BCUT2D eigenvalue weighted by Gasteiger charge is -2.26. The molecule has 0 aliphatic heterocycles. The van der Waals surface area contributed by atoms with Gasteiger partial charge in [0, 0.05) is 19.2 Å². The second kappa shape index (κ2) is 9.40. The summed E-state index contributed by atoms with van der Waals surface area (Å²) in [4.78, 5) is 23.4. The topological polar surface area (TPSA) is 37.4 Å². The maximum atomic E-state index is 11.1. The highest BCUT2D eigenvalue weighted by Crippen LogP contribution is 2.12. The molecule has 0 aromatic carbocycles. The fourth-order valence-corrected chi connectivity index (χ4v) is 1.50. The van der Waals surface area contributed by atoms with Crippen LogP contribution in [0.3, 0.4) is 0 Å². The molecule has 0 aliphatic carbocycles. The van der Waals surface area contributed by atoms with Crippen LogP contribution in [0.15, 0.2) is 35.6 Å². The number of aldehydes is 2. The Kier molecular flexibility index (Phi) is 8.54. The third-order valence-corrected chi connectivity index (χ3v) is 2.57. The zero-order valence-corrected chi connectivity index (χ0v) is 11.7. The lowest BCUT2D eigenvalue weighted by atomic mass is 10.1. The first-order valence-corrected chi connectivity index (χ1v) is 6.16. The maximum Gasteiger partial charge on any atom is 0.142 e. The summed E-state index contributed by atoms with van der Waals surface area (Å²) in [6, 6.07) is -0.261. The van der Waals surface area contributed by atoms with Crippen molar-refractivity contribution in [2.75, 3.05) is 7.05 Å². The van der Waals surface area contributed by atoms with Crippen molar-refractivity contribution in [1.82, 2.24) is 4.90 Å². The van der Waals surface area contributed by atoms with Crippen molar-refractivity contribution in [2.24, 2.45) is 0 Å². The first-order valence-electron chi connectivity index (χ1n) is 6.16. The van der Waals surface area contributed by atoms with Gasteiger partial charge in [-0.25, -0.2) is 0 Å². The van der Waals surface area contributed by atoms with E-state index in [9.17, 15) is 9.59 Å². The van der Waals surface area contributed by atoms with Gasteiger partial charge in [0.05, 0.1) is 6.04 Å². The van der Waals surface area contributed by atoms with Crippen molar-refractivity contribution < 1.29 is 9.59 Å². The Morgan fingerprint density at radius 3 is 2.33 bits per heavy atom. The largest absolute Gasteiger partial charge is 0.365 e. The minimum absolute atomic E-state index is 0.261. The molecule has 100 valence electrons. The van der Waals surface area contributed by atoms with Crippen LogP contribution in [0, 0.1) is 0 Å². The molecule has 0 aromatic rings. The molecule has 18 heavy (non-hydrogen) atoms. The summed E-state index contributed by atoms with van der Waals surface area (Å²) in [5, 5.41) is 0. The molecule has 0 radical (unpaired) electrons. The van der Waals surface area contributed by atoms with Crippen molar-refractivity contribution in [3.63, 3.8) is 0 Å². The Morgan fingerprint density at radius 1 is 1.22 bits per heavy atom. The second-order valence-electron chi connectivity index (χ2n) is 4.39. The molecule has 0 bridgehead atoms. The van der Waals surface area contributed by atoms with Gasteiger partial charge in [-0.2, -0.15) is 0 Å². The van der Waals surface area contributed by atoms with Crippen LogP contribution < -0.4 is 0 Å². The van der Waals surface area contributed by atoms with E-state index in [1.807, 2.05) is 57.0 Å². The van der Waals surface area contributed by atoms with Crippen LogP contribution in [0.1, 0.15) is 33.6 Å². The van der Waals surface area contributed by atoms with Crippen LogP contribution in [-0.2, 0) is 9.59 Å². The standard InChI is InChI=1S/C15H23NO2/c1-5-7-14(10-9-13(2)3)16(4)15(12-18)8-6-11-17/h5,7,9-12,15H,6,8H2,1-4H3/b7-5-,14-10+. The van der Waals surface area contributed by atoms with E-state index in [-0.39, 0.29) is 6.04 Å². The number of likely N-dealkylation sites (N-methyl/N-ethyl adjacent to an activating group) is 1. The smallest absolute Gasteiger partial charge is 0.142 e. The number of nitrogens with zero attached hydrogens (tertiary/aromatic N) is 1. The summed E-state index contributed by atoms with van der Waals surface area (Å²) in [6.07, 6.45) is 10.6. The zero-order chi connectivity index (χ0) is 14.0. The Hall–Kier alpha value is -1.64. The number of carbonyl (C=O) groups is 2. The number of carbonyl (C=O) groups excluding carboxylic acids is 2. The van der Waals surface area contributed by atoms with Gasteiger partial charge in [-0.1, -0.05) is 17.7 Å². The van der Waals surface area contributed by atoms with E-state index in [4.69, 9.17) is 0 Å². The summed E-state index contributed by atoms with van der Waals surface area (Å²) >= 11 is 0. The lowest BCUT2D eigenvalue weighted by molar-refractivity contribution is -0.112. The van der Waals surface area contributed by atoms with Crippen molar-refractivity contribution in [3.05, 3.63) is 35.6 Å². The van der Waals surface area contributed by atoms with Crippen molar-refractivity contribution in [3.8, 4) is 0 Å². The fourth-order valence-electron chi connectivity index (χ4n) is 1.50. The Morgan fingerprint density at radius 2 is 1.89 bits per heavy atom. The normalized spacial score (nSPS) is 13.2. The number of hydrogen-bond acceptors (Lipinski definition) is 3. The van der Waals surface area contributed by atoms with Crippen LogP contribution in [0.2, 0.25) is 0 Å². The quantitative estimate of drug-likeness (QED) is 0.490. The Labute approximate surface area is 110 Å². The minimum Gasteiger partial charge on any atom is -0.365 e. The number of hydrogen-bond donors (Lipinski definition) is 0. The predicted molar refractivity (Wildman–Crippen MR) is 75.2 cm³/mol. The molecular weight excluding hydrogens is 226 g/mol. The van der Waals surface area contributed by atoms with E-state index < -0.39 is 0 Å². The highest BCUT2D eigenvalue weighted by Gasteiger charge is 2.14. The summed E-state index contributed by atoms with van der Waals surface area (Å²) < 4.78 is 0. The van der Waals surface area contributed by atoms with E-state index in [1.165, 1.54) is 5.57 Å². The second-order valence-corrected chi connectivity index (χ2v) is 4.39. The first kappa shape index (κ1) is 16.4. The molecule has 3 nitrogen and oxygen atoms in total. The molecule has 0 aliphatic rings. The average Bonchev–Trinajstić information content (AvgIpc) is 2.34. The Balaban J connectivity index is 4.98. The van der Waals surface area contributed by atoms with Gasteiger partial charge in [0.1, 0.15) is 12.6 Å². The van der Waals surface area contributed by atoms with Crippen molar-refractivity contribution in [2.45, 2.75) is 39.7 Å². The van der Waals surface area contributed by atoms with Crippen molar-refractivity contribution >= 4 is 12.6 Å². The summed E-state index contributed by atoms with van der Waals surface area (Å²) in [6.45, 7) is 5.98. The molecule has 0 spiro atoms. The van der Waals surface area contributed by atoms with E-state index in [0.29, 0.717) is 12.8 Å². The fraction of sp³-hybridized carbons (Fsp3) is 0.467. The summed E-state index contributed by atoms with van der Waals surface area (Å²) in [5.74, 6) is 0. The molecule has 0 saturated carbocycles. The molecule has 0 saturated heterocycles. The summed E-state index contributed by atoms with van der Waals surface area (Å²) in [5.41, 5.74) is 2.16. The SMILES string of the molecule is C/C=C\C(=C/C=C(C)C)N(C)C(C=O)CCC=O. The van der Waals surface area contributed by atoms with Crippen LogP contribution in [0.5, 0.6) is 0 Å². The van der Waals surface area contributed by atoms with E-state index in [0.717, 1.165) is 18.3 Å². The molecular formula is C15H23NO2. The third kappa shape index (κ3) is 6.18. The average molecular weight is 249 g/mol. The van der Waals surface area contributed by atoms with Gasteiger partial charge in [0.15, 0.2) is 0 Å². The van der Waals surface area contributed by atoms with Gasteiger partial charge >= 0.3 is 0 Å². The Bertz CT molecular complexity index is 350. The van der Waals surface area contributed by atoms with E-state index >= 15 is 0 Å². The van der Waals surface area contributed by atoms with E-state index in [2.05, 4.69) is 0 Å². The highest BCUT2D eigenvalue weighted by atomic mass is 16.1. The zero-order valence-electron chi connectivity index (χ0n) is 11.7. The third-order valence-electron chi connectivity index (χ3n) is 2.57. The van der Waals surface area contributed by atoms with Crippen LogP contribution in [-0.4, -0.2) is 30.6 Å². The molecule has 0 heterocycles. The number of allylic oxidation sites excluding steroid dienone is 5. The summed E-state index contributed by atoms with van der Waals surface area (Å²) in [7, 11) is 1.87. The minimum atomic E-state index is -0.261. The van der Waals surface area contributed by atoms with Gasteiger partial charge < -0.3 is 14.5 Å². The van der Waals surface area contributed by atoms with E-state index in [1.54, 1.807) is 0 Å². The molecule has 3 heteroatoms. The predicted octanol–water partition coefficient (Wildman–Crippen LogP) is 2.89. The maximum absolute atomic E-state index is 11.1. The van der Waals surface area contributed by atoms with Gasteiger partial charge in [0.25, 0.3) is 0 Å². The molecule has 0 fully saturated rings. The molecule has 0 aromatic heterocycles. The highest BCUT2D eigenvalue weighted by molar-refractivity contribution is 5.60. The monoisotopic (exact) mass is 249 g/mol. The molecule has 1 unspecified atom stereocenters. The van der Waals surface area contributed by atoms with Gasteiger partial charge in [-0.3, -0.25) is 0 Å². The molecule has 1 atom stereocenters. The molecule has 0 amide bonds. The number of rotatable bonds is 8. The van der Waals surface area contributed by atoms with Crippen molar-refractivity contribution in [1.29, 1.82) is 0 Å². The van der Waals surface area contributed by atoms with Crippen LogP contribution in [0.4, 0.5) is 0 Å². The van der Waals surface area contributed by atoms with Crippen LogP contribution >= 0.6 is 0 Å². The van der Waals surface area contributed by atoms with Crippen LogP contribution in [0.25, 0.3) is 0 Å². The lowest BCUT2D eigenvalue weighted by Crippen LogP contribution is -2.32. The molecule has 0 N–H and O–H groups in total. The van der Waals surface area contributed by atoms with Gasteiger partial charge in [-0.05, 0) is 39.3 Å². The first-order chi connectivity index (χ1) is 8.56. The van der Waals surface area contributed by atoms with Gasteiger partial charge in [-0.15, -0.1) is 0 Å². The molecule has 0 rings (SSSR count). The van der Waals surface area contributed by atoms with Gasteiger partial charge in [0.2, 0.25) is 0 Å².